The fourth-order valence-electron chi connectivity index (χ4n) is 1.87. The molecule has 0 unspecified atom stereocenters. The van der Waals surface area contributed by atoms with Crippen LogP contribution in [0.1, 0.15) is 22.3 Å². The quantitative estimate of drug-likeness (QED) is 0.671. The van der Waals surface area contributed by atoms with Gasteiger partial charge in [0.2, 0.25) is 0 Å². The molecule has 0 aliphatic carbocycles. The summed E-state index contributed by atoms with van der Waals surface area (Å²) in [7, 11) is 0. The maximum atomic E-state index is 10.9. The van der Waals surface area contributed by atoms with Crippen LogP contribution in [0.4, 0.5) is 5.69 Å². The molecule has 0 saturated carbocycles. The Hall–Kier alpha value is -1.72. The van der Waals surface area contributed by atoms with Crippen LogP contribution >= 0.6 is 11.3 Å². The highest BCUT2D eigenvalue weighted by Gasteiger charge is 2.10. The van der Waals surface area contributed by atoms with Crippen molar-refractivity contribution in [1.29, 1.82) is 0 Å². The number of thiophene rings is 1. The second-order valence-corrected chi connectivity index (χ2v) is 5.31. The fourth-order valence-corrected chi connectivity index (χ4v) is 2.73. The maximum Gasteiger partial charge on any atom is 0.272 e. The maximum absolute atomic E-state index is 10.9. The van der Waals surface area contributed by atoms with E-state index in [1.54, 1.807) is 30.4 Å². The molecule has 0 aliphatic heterocycles. The van der Waals surface area contributed by atoms with Gasteiger partial charge in [-0.15, -0.1) is 0 Å². The lowest BCUT2D eigenvalue weighted by atomic mass is 10.1. The van der Waals surface area contributed by atoms with Gasteiger partial charge in [0.1, 0.15) is 0 Å². The standard InChI is InChI=1S/C14H16N2O2S/c1-10-3-4-12(5-14(10)16(17)18)6-15-7-13-9-19-8-11(13)2/h3-5,8-9,15H,6-7H2,1-2H3. The third-order valence-corrected chi connectivity index (χ3v) is 3.99. The van der Waals surface area contributed by atoms with Crippen LogP contribution in [-0.4, -0.2) is 4.92 Å². The Morgan fingerprint density at radius 3 is 2.63 bits per heavy atom. The Bertz CT molecular complexity index is 593. The number of benzene rings is 1. The monoisotopic (exact) mass is 276 g/mol. The third-order valence-electron chi connectivity index (χ3n) is 3.08. The van der Waals surface area contributed by atoms with E-state index in [9.17, 15) is 10.1 Å². The number of rotatable bonds is 5. The van der Waals surface area contributed by atoms with Crippen LogP contribution in [-0.2, 0) is 13.1 Å². The summed E-state index contributed by atoms with van der Waals surface area (Å²) in [6.07, 6.45) is 0. The molecule has 5 heteroatoms. The molecule has 0 atom stereocenters. The molecule has 0 amide bonds. The topological polar surface area (TPSA) is 55.2 Å². The Morgan fingerprint density at radius 1 is 1.21 bits per heavy atom. The van der Waals surface area contributed by atoms with Crippen LogP contribution in [0.25, 0.3) is 0 Å². The Morgan fingerprint density at radius 2 is 2.00 bits per heavy atom. The SMILES string of the molecule is Cc1cscc1CNCc1ccc(C)c([N+](=O)[O-])c1. The van der Waals surface area contributed by atoms with Crippen LogP contribution in [0.3, 0.4) is 0 Å². The van der Waals surface area contributed by atoms with Crippen molar-refractivity contribution in [2.45, 2.75) is 26.9 Å². The summed E-state index contributed by atoms with van der Waals surface area (Å²) in [6, 6.07) is 5.36. The number of nitro groups is 1. The van der Waals surface area contributed by atoms with Crippen molar-refractivity contribution >= 4 is 17.0 Å². The average Bonchev–Trinajstić information content (AvgIpc) is 2.77. The van der Waals surface area contributed by atoms with E-state index in [0.717, 1.165) is 12.1 Å². The van der Waals surface area contributed by atoms with E-state index in [2.05, 4.69) is 23.0 Å². The van der Waals surface area contributed by atoms with Gasteiger partial charge in [-0.05, 0) is 41.3 Å². The molecule has 0 aliphatic rings. The first-order chi connectivity index (χ1) is 9.08. The molecule has 0 radical (unpaired) electrons. The number of hydrogen-bond donors (Lipinski definition) is 1. The lowest BCUT2D eigenvalue weighted by molar-refractivity contribution is -0.385. The Balaban J connectivity index is 1.98. The first kappa shape index (κ1) is 13.7. The fraction of sp³-hybridized carbons (Fsp3) is 0.286. The van der Waals surface area contributed by atoms with Gasteiger partial charge < -0.3 is 5.32 Å². The van der Waals surface area contributed by atoms with E-state index in [1.165, 1.54) is 11.1 Å². The van der Waals surface area contributed by atoms with Gasteiger partial charge in [0, 0.05) is 24.7 Å². The van der Waals surface area contributed by atoms with E-state index >= 15 is 0 Å². The van der Waals surface area contributed by atoms with E-state index in [0.29, 0.717) is 12.1 Å². The van der Waals surface area contributed by atoms with Crippen LogP contribution in [0.15, 0.2) is 29.0 Å². The number of hydrogen-bond acceptors (Lipinski definition) is 4. The molecule has 1 aromatic heterocycles. The molecular formula is C14H16N2O2S. The van der Waals surface area contributed by atoms with Gasteiger partial charge in [0.05, 0.1) is 4.92 Å². The highest BCUT2D eigenvalue weighted by Crippen LogP contribution is 2.19. The second kappa shape index (κ2) is 5.95. The lowest BCUT2D eigenvalue weighted by Gasteiger charge is -2.06. The van der Waals surface area contributed by atoms with Gasteiger partial charge in [-0.1, -0.05) is 12.1 Å². The smallest absolute Gasteiger partial charge is 0.272 e. The summed E-state index contributed by atoms with van der Waals surface area (Å²) in [4.78, 5) is 10.5. The van der Waals surface area contributed by atoms with E-state index in [-0.39, 0.29) is 10.6 Å². The number of nitrogens with zero attached hydrogens (tertiary/aromatic N) is 1. The number of nitrogens with one attached hydrogen (secondary N) is 1. The molecule has 19 heavy (non-hydrogen) atoms. The van der Waals surface area contributed by atoms with E-state index in [1.807, 2.05) is 6.07 Å². The van der Waals surface area contributed by atoms with Crippen LogP contribution in [0.2, 0.25) is 0 Å². The van der Waals surface area contributed by atoms with Crippen LogP contribution in [0.5, 0.6) is 0 Å². The molecule has 0 fully saturated rings. The van der Waals surface area contributed by atoms with Crippen molar-refractivity contribution < 1.29 is 4.92 Å². The summed E-state index contributed by atoms with van der Waals surface area (Å²) >= 11 is 1.69. The molecular weight excluding hydrogens is 260 g/mol. The van der Waals surface area contributed by atoms with Gasteiger partial charge in [-0.2, -0.15) is 11.3 Å². The van der Waals surface area contributed by atoms with Crippen LogP contribution < -0.4 is 5.32 Å². The first-order valence-electron chi connectivity index (χ1n) is 6.04. The highest BCUT2D eigenvalue weighted by atomic mass is 32.1. The normalized spacial score (nSPS) is 10.6. The first-order valence-corrected chi connectivity index (χ1v) is 6.98. The van der Waals surface area contributed by atoms with Gasteiger partial charge in [-0.25, -0.2) is 0 Å². The van der Waals surface area contributed by atoms with E-state index < -0.39 is 0 Å². The molecule has 2 aromatic rings. The molecule has 2 rings (SSSR count). The summed E-state index contributed by atoms with van der Waals surface area (Å²) in [5.41, 5.74) is 4.39. The predicted molar refractivity (Wildman–Crippen MR) is 77.4 cm³/mol. The molecule has 1 aromatic carbocycles. The predicted octanol–water partition coefficient (Wildman–Crippen LogP) is 3.56. The largest absolute Gasteiger partial charge is 0.309 e. The van der Waals surface area contributed by atoms with Crippen molar-refractivity contribution in [2.75, 3.05) is 0 Å². The van der Waals surface area contributed by atoms with Crippen LogP contribution in [0, 0.1) is 24.0 Å². The van der Waals surface area contributed by atoms with Crippen molar-refractivity contribution in [3.63, 3.8) is 0 Å². The highest BCUT2D eigenvalue weighted by molar-refractivity contribution is 7.08. The average molecular weight is 276 g/mol. The number of nitro benzene ring substituents is 1. The molecule has 1 heterocycles. The zero-order valence-corrected chi connectivity index (χ0v) is 11.8. The third kappa shape index (κ3) is 3.39. The molecule has 1 N–H and O–H groups in total. The summed E-state index contributed by atoms with van der Waals surface area (Å²) < 4.78 is 0. The summed E-state index contributed by atoms with van der Waals surface area (Å²) in [5, 5.41) is 18.4. The minimum Gasteiger partial charge on any atom is -0.309 e. The summed E-state index contributed by atoms with van der Waals surface area (Å²) in [6.45, 7) is 5.27. The van der Waals surface area contributed by atoms with Gasteiger partial charge in [0.15, 0.2) is 0 Å². The molecule has 0 bridgehead atoms. The van der Waals surface area contributed by atoms with Crippen molar-refractivity contribution in [1.82, 2.24) is 5.32 Å². The van der Waals surface area contributed by atoms with Crippen molar-refractivity contribution in [2.24, 2.45) is 0 Å². The minimum atomic E-state index is -0.331. The zero-order valence-electron chi connectivity index (χ0n) is 11.0. The molecule has 100 valence electrons. The number of aryl methyl sites for hydroxylation is 2. The zero-order chi connectivity index (χ0) is 13.8. The Labute approximate surface area is 116 Å². The van der Waals surface area contributed by atoms with Crippen molar-refractivity contribution in [3.8, 4) is 0 Å². The molecule has 4 nitrogen and oxygen atoms in total. The lowest BCUT2D eigenvalue weighted by Crippen LogP contribution is -2.13. The van der Waals surface area contributed by atoms with Gasteiger partial charge in [0.25, 0.3) is 5.69 Å². The van der Waals surface area contributed by atoms with Crippen molar-refractivity contribution in [3.05, 3.63) is 61.3 Å². The van der Waals surface area contributed by atoms with E-state index in [4.69, 9.17) is 0 Å². The van der Waals surface area contributed by atoms with Gasteiger partial charge >= 0.3 is 0 Å². The Kier molecular flexibility index (Phi) is 4.29. The second-order valence-electron chi connectivity index (χ2n) is 4.56. The molecule has 0 spiro atoms. The van der Waals surface area contributed by atoms with Gasteiger partial charge in [-0.3, -0.25) is 10.1 Å². The summed E-state index contributed by atoms with van der Waals surface area (Å²) in [5.74, 6) is 0. The minimum absolute atomic E-state index is 0.186. The molecule has 0 saturated heterocycles.